The zero-order valence-electron chi connectivity index (χ0n) is 9.47. The van der Waals surface area contributed by atoms with E-state index in [0.717, 1.165) is 7.11 Å². The molecule has 0 N–H and O–H groups in total. The molecule has 0 aliphatic heterocycles. The second-order valence-electron chi connectivity index (χ2n) is 4.23. The molecule has 0 unspecified atom stereocenters. The summed E-state index contributed by atoms with van der Waals surface area (Å²) in [5.74, 6) is -0.842. The number of methoxy groups -OCH3 is 1. The Labute approximate surface area is 107 Å². The molecule has 2 rings (SSSR count). The highest BCUT2D eigenvalue weighted by molar-refractivity contribution is 6.33. The Morgan fingerprint density at radius 3 is 2.44 bits per heavy atom. The molecule has 0 spiro atoms. The van der Waals surface area contributed by atoms with Gasteiger partial charge in [-0.25, -0.2) is 4.79 Å². The molecule has 1 aromatic rings. The maximum Gasteiger partial charge on any atom is 0.398 e. The van der Waals surface area contributed by atoms with Gasteiger partial charge in [-0.1, -0.05) is 23.7 Å². The van der Waals surface area contributed by atoms with E-state index in [0.29, 0.717) is 0 Å². The van der Waals surface area contributed by atoms with Gasteiger partial charge in [-0.3, -0.25) is 0 Å². The molecule has 1 aliphatic rings. The summed E-state index contributed by atoms with van der Waals surface area (Å²) >= 11 is 5.82. The van der Waals surface area contributed by atoms with Crippen LogP contribution in [0.15, 0.2) is 18.2 Å². The van der Waals surface area contributed by atoms with Crippen molar-refractivity contribution >= 4 is 17.6 Å². The van der Waals surface area contributed by atoms with Crippen molar-refractivity contribution in [3.05, 3.63) is 34.3 Å². The minimum absolute atomic E-state index is 0.0186. The number of carbonyl (C=O) groups is 1. The fourth-order valence-corrected chi connectivity index (χ4v) is 2.31. The fraction of sp³-hybridized carbons (Fsp3) is 0.417. The summed E-state index contributed by atoms with van der Waals surface area (Å²) in [5, 5.41) is -0.0186. The molecule has 18 heavy (non-hydrogen) atoms. The van der Waals surface area contributed by atoms with Crippen molar-refractivity contribution in [2.75, 3.05) is 7.11 Å². The molecule has 98 valence electrons. The summed E-state index contributed by atoms with van der Waals surface area (Å²) in [6, 6.07) is 4.08. The number of carbonyl (C=O) groups excluding carboxylic acids is 1. The molecule has 1 saturated carbocycles. The summed E-state index contributed by atoms with van der Waals surface area (Å²) in [7, 11) is 1.11. The number of benzene rings is 1. The monoisotopic (exact) mass is 278 g/mol. The third-order valence-corrected chi connectivity index (χ3v) is 3.53. The average Bonchev–Trinajstić information content (AvgIpc) is 3.08. The Morgan fingerprint density at radius 1 is 1.39 bits per heavy atom. The van der Waals surface area contributed by atoms with Crippen LogP contribution in [0.5, 0.6) is 0 Å². The molecular formula is C12H10ClF3O2. The topological polar surface area (TPSA) is 26.3 Å². The van der Waals surface area contributed by atoms with Crippen LogP contribution in [0.4, 0.5) is 13.2 Å². The van der Waals surface area contributed by atoms with Crippen molar-refractivity contribution in [2.45, 2.75) is 24.4 Å². The van der Waals surface area contributed by atoms with Crippen molar-refractivity contribution < 1.29 is 22.7 Å². The third kappa shape index (κ3) is 1.86. The largest absolute Gasteiger partial charge is 0.465 e. The van der Waals surface area contributed by atoms with Gasteiger partial charge in [-0.15, -0.1) is 0 Å². The van der Waals surface area contributed by atoms with E-state index in [1.807, 2.05) is 0 Å². The normalized spacial score (nSPS) is 17.4. The van der Waals surface area contributed by atoms with Crippen LogP contribution in [0.1, 0.15) is 28.8 Å². The molecule has 6 heteroatoms. The van der Waals surface area contributed by atoms with Crippen molar-refractivity contribution in [3.63, 3.8) is 0 Å². The predicted molar refractivity (Wildman–Crippen MR) is 59.8 cm³/mol. The molecule has 1 aliphatic carbocycles. The van der Waals surface area contributed by atoms with E-state index >= 15 is 0 Å². The second kappa shape index (κ2) is 4.16. The van der Waals surface area contributed by atoms with Crippen LogP contribution in [0.25, 0.3) is 0 Å². The summed E-state index contributed by atoms with van der Waals surface area (Å²) in [5.41, 5.74) is -2.22. The van der Waals surface area contributed by atoms with Gasteiger partial charge >= 0.3 is 12.1 Å². The van der Waals surface area contributed by atoms with Gasteiger partial charge in [-0.05, 0) is 24.5 Å². The first-order chi connectivity index (χ1) is 8.33. The van der Waals surface area contributed by atoms with Gasteiger partial charge in [0.15, 0.2) is 0 Å². The van der Waals surface area contributed by atoms with Crippen molar-refractivity contribution in [1.82, 2.24) is 0 Å². The van der Waals surface area contributed by atoms with Gasteiger partial charge in [0.1, 0.15) is 0 Å². The van der Waals surface area contributed by atoms with Gasteiger partial charge in [0.05, 0.1) is 23.1 Å². The van der Waals surface area contributed by atoms with Crippen LogP contribution in [0, 0.1) is 0 Å². The maximum absolute atomic E-state index is 13.1. The Kier molecular flexibility index (Phi) is 3.05. The summed E-state index contributed by atoms with van der Waals surface area (Å²) in [4.78, 5) is 11.6. The van der Waals surface area contributed by atoms with Gasteiger partial charge in [0.25, 0.3) is 0 Å². The molecule has 0 radical (unpaired) electrons. The number of hydrogen-bond donors (Lipinski definition) is 0. The van der Waals surface area contributed by atoms with Crippen LogP contribution in [0.3, 0.4) is 0 Å². The van der Waals surface area contributed by atoms with Crippen molar-refractivity contribution in [1.29, 1.82) is 0 Å². The quantitative estimate of drug-likeness (QED) is 0.771. The predicted octanol–water partition coefficient (Wildman–Crippen LogP) is 3.72. The lowest BCUT2D eigenvalue weighted by Crippen LogP contribution is -2.30. The molecule has 0 saturated heterocycles. The molecule has 0 amide bonds. The van der Waals surface area contributed by atoms with Gasteiger partial charge < -0.3 is 4.74 Å². The van der Waals surface area contributed by atoms with E-state index in [1.54, 1.807) is 0 Å². The summed E-state index contributed by atoms with van der Waals surface area (Å²) in [6.45, 7) is 0. The number of halogens is 4. The summed E-state index contributed by atoms with van der Waals surface area (Å²) in [6.07, 6.45) is -4.44. The molecular weight excluding hydrogens is 269 g/mol. The highest BCUT2D eigenvalue weighted by Gasteiger charge is 2.65. The molecule has 1 fully saturated rings. The van der Waals surface area contributed by atoms with Gasteiger partial charge in [0, 0.05) is 0 Å². The smallest absolute Gasteiger partial charge is 0.398 e. The Balaban J connectivity index is 2.59. The number of esters is 1. The highest BCUT2D eigenvalue weighted by Crippen LogP contribution is 2.60. The lowest BCUT2D eigenvalue weighted by molar-refractivity contribution is -0.160. The molecule has 0 atom stereocenters. The first-order valence-electron chi connectivity index (χ1n) is 5.27. The fourth-order valence-electron chi connectivity index (χ4n) is 2.06. The highest BCUT2D eigenvalue weighted by atomic mass is 35.5. The molecule has 2 nitrogen and oxygen atoms in total. The maximum atomic E-state index is 13.1. The van der Waals surface area contributed by atoms with Crippen LogP contribution < -0.4 is 0 Å². The average molecular weight is 279 g/mol. The summed E-state index contributed by atoms with van der Waals surface area (Å²) < 4.78 is 43.7. The van der Waals surface area contributed by atoms with Crippen molar-refractivity contribution in [2.24, 2.45) is 0 Å². The Bertz CT molecular complexity index is 493. The van der Waals surface area contributed by atoms with E-state index in [-0.39, 0.29) is 29.0 Å². The van der Waals surface area contributed by atoms with Crippen LogP contribution in [-0.4, -0.2) is 19.3 Å². The third-order valence-electron chi connectivity index (χ3n) is 3.21. The number of alkyl halides is 3. The second-order valence-corrected chi connectivity index (χ2v) is 4.64. The lowest BCUT2D eigenvalue weighted by atomic mass is 9.90. The van der Waals surface area contributed by atoms with E-state index < -0.39 is 17.6 Å². The van der Waals surface area contributed by atoms with E-state index in [1.165, 1.54) is 18.2 Å². The van der Waals surface area contributed by atoms with Gasteiger partial charge in [0.2, 0.25) is 0 Å². The SMILES string of the molecule is COC(=O)c1c(Cl)cccc1C1(C(F)(F)F)CC1. The zero-order chi connectivity index (χ0) is 13.6. The first-order valence-corrected chi connectivity index (χ1v) is 5.65. The van der Waals surface area contributed by atoms with Crippen molar-refractivity contribution in [3.8, 4) is 0 Å². The van der Waals surface area contributed by atoms with E-state index in [9.17, 15) is 18.0 Å². The first kappa shape index (κ1) is 13.2. The van der Waals surface area contributed by atoms with E-state index in [4.69, 9.17) is 11.6 Å². The minimum atomic E-state index is -4.39. The number of rotatable bonds is 2. The minimum Gasteiger partial charge on any atom is -0.465 e. The molecule has 0 aromatic heterocycles. The van der Waals surface area contributed by atoms with Crippen LogP contribution >= 0.6 is 11.6 Å². The standard InChI is InChI=1S/C12H10ClF3O2/c1-18-10(17)9-7(3-2-4-8(9)13)11(5-6-11)12(14,15)16/h2-4H,5-6H2,1H3. The number of hydrogen-bond acceptors (Lipinski definition) is 2. The zero-order valence-corrected chi connectivity index (χ0v) is 10.2. The van der Waals surface area contributed by atoms with Crippen LogP contribution in [0.2, 0.25) is 5.02 Å². The molecule has 1 aromatic carbocycles. The molecule has 0 heterocycles. The van der Waals surface area contributed by atoms with Crippen LogP contribution in [-0.2, 0) is 10.2 Å². The van der Waals surface area contributed by atoms with Gasteiger partial charge in [-0.2, -0.15) is 13.2 Å². The van der Waals surface area contributed by atoms with E-state index in [2.05, 4.69) is 4.74 Å². The molecule has 0 bridgehead atoms. The lowest BCUT2D eigenvalue weighted by Gasteiger charge is -2.22. The number of ether oxygens (including phenoxy) is 1. The Hall–Kier alpha value is -1.23. The Morgan fingerprint density at radius 2 is 2.00 bits per heavy atom.